The fourth-order valence-corrected chi connectivity index (χ4v) is 2.00. The molecule has 0 bridgehead atoms. The second-order valence-electron chi connectivity index (χ2n) is 4.03. The van der Waals surface area contributed by atoms with Crippen LogP contribution in [0, 0.1) is 0 Å². The zero-order valence-corrected chi connectivity index (χ0v) is 10.2. The highest BCUT2D eigenvalue weighted by molar-refractivity contribution is 7.80. The quantitative estimate of drug-likeness (QED) is 0.634. The molecule has 3 N–H and O–H groups in total. The van der Waals surface area contributed by atoms with Crippen LogP contribution in [0.4, 0.5) is 0 Å². The largest absolute Gasteiger partial charge is 0.396 e. The summed E-state index contributed by atoms with van der Waals surface area (Å²) >= 11 is 4.99. The van der Waals surface area contributed by atoms with Crippen molar-refractivity contribution in [3.05, 3.63) is 0 Å². The van der Waals surface area contributed by atoms with E-state index in [2.05, 4.69) is 16.7 Å². The Hall–Kier alpha value is -0.230. The van der Waals surface area contributed by atoms with Crippen molar-refractivity contribution in [2.75, 3.05) is 39.3 Å². The number of piperazine rings is 1. The minimum atomic E-state index is 0.208. The van der Waals surface area contributed by atoms with Crippen molar-refractivity contribution in [2.45, 2.75) is 19.4 Å². The molecule has 0 aromatic rings. The van der Waals surface area contributed by atoms with Gasteiger partial charge in [-0.3, -0.25) is 4.90 Å². The van der Waals surface area contributed by atoms with E-state index in [1.807, 2.05) is 0 Å². The van der Waals surface area contributed by atoms with E-state index >= 15 is 0 Å². The fourth-order valence-electron chi connectivity index (χ4n) is 1.85. The van der Waals surface area contributed by atoms with E-state index in [4.69, 9.17) is 23.1 Å². The minimum absolute atomic E-state index is 0.208. The Morgan fingerprint density at radius 1 is 1.40 bits per heavy atom. The smallest absolute Gasteiger partial charge is 0.0899 e. The summed E-state index contributed by atoms with van der Waals surface area (Å²) in [6.07, 6.45) is 0.866. The van der Waals surface area contributed by atoms with Gasteiger partial charge in [0.25, 0.3) is 0 Å². The van der Waals surface area contributed by atoms with Gasteiger partial charge in [-0.1, -0.05) is 12.2 Å². The van der Waals surface area contributed by atoms with Crippen molar-refractivity contribution in [3.8, 4) is 0 Å². The Labute approximate surface area is 97.0 Å². The average molecular weight is 231 g/mol. The molecule has 5 heteroatoms. The number of hydrogen-bond acceptors (Lipinski definition) is 4. The van der Waals surface area contributed by atoms with Crippen LogP contribution in [-0.4, -0.2) is 65.3 Å². The summed E-state index contributed by atoms with van der Waals surface area (Å²) in [6, 6.07) is 0.208. The summed E-state index contributed by atoms with van der Waals surface area (Å²) in [4.78, 5) is 5.27. The first kappa shape index (κ1) is 12.8. The van der Waals surface area contributed by atoms with Gasteiger partial charge in [0.05, 0.1) is 11.0 Å². The van der Waals surface area contributed by atoms with Crippen LogP contribution in [0.15, 0.2) is 0 Å². The molecule has 0 amide bonds. The third-order valence-electron chi connectivity index (χ3n) is 3.00. The van der Waals surface area contributed by atoms with Crippen LogP contribution in [-0.2, 0) is 0 Å². The lowest BCUT2D eigenvalue weighted by Crippen LogP contribution is -2.52. The summed E-state index contributed by atoms with van der Waals surface area (Å²) in [7, 11) is 0. The molecule has 1 atom stereocenters. The van der Waals surface area contributed by atoms with E-state index in [9.17, 15) is 0 Å². The number of aliphatic hydroxyl groups is 1. The van der Waals surface area contributed by atoms with E-state index in [-0.39, 0.29) is 12.6 Å². The van der Waals surface area contributed by atoms with Gasteiger partial charge in [0.2, 0.25) is 0 Å². The van der Waals surface area contributed by atoms with Gasteiger partial charge in [0.1, 0.15) is 0 Å². The van der Waals surface area contributed by atoms with Gasteiger partial charge in [-0.25, -0.2) is 0 Å². The number of rotatable bonds is 5. The molecule has 0 radical (unpaired) electrons. The number of nitrogens with two attached hydrogens (primary N) is 1. The fraction of sp³-hybridized carbons (Fsp3) is 0.900. The zero-order chi connectivity index (χ0) is 11.3. The lowest BCUT2D eigenvalue weighted by atomic mass is 10.2. The maximum Gasteiger partial charge on any atom is 0.0899 e. The summed E-state index contributed by atoms with van der Waals surface area (Å²) in [5, 5.41) is 8.74. The highest BCUT2D eigenvalue weighted by atomic mass is 32.1. The van der Waals surface area contributed by atoms with Crippen molar-refractivity contribution in [3.63, 3.8) is 0 Å². The average Bonchev–Trinajstić information content (AvgIpc) is 2.26. The van der Waals surface area contributed by atoms with E-state index in [1.54, 1.807) is 0 Å². The second-order valence-corrected chi connectivity index (χ2v) is 4.50. The third kappa shape index (κ3) is 4.03. The summed E-state index contributed by atoms with van der Waals surface area (Å²) in [6.45, 7) is 7.47. The zero-order valence-electron chi connectivity index (χ0n) is 9.35. The molecule has 1 heterocycles. The van der Waals surface area contributed by atoms with Crippen molar-refractivity contribution in [1.82, 2.24) is 9.80 Å². The van der Waals surface area contributed by atoms with Gasteiger partial charge >= 0.3 is 0 Å². The predicted octanol–water partition coefficient (Wildman–Crippen LogP) is -0.339. The van der Waals surface area contributed by atoms with Gasteiger partial charge in [-0.05, 0) is 13.3 Å². The molecule has 4 nitrogen and oxygen atoms in total. The van der Waals surface area contributed by atoms with Crippen molar-refractivity contribution >= 4 is 17.2 Å². The molecule has 1 aliphatic heterocycles. The molecule has 0 aromatic heterocycles. The molecule has 1 fully saturated rings. The number of nitrogens with zero attached hydrogens (tertiary/aromatic N) is 2. The molecule has 1 rings (SSSR count). The number of hydrogen-bond donors (Lipinski definition) is 2. The lowest BCUT2D eigenvalue weighted by molar-refractivity contribution is 0.116. The number of aliphatic hydroxyl groups excluding tert-OH is 1. The molecule has 0 aromatic carbocycles. The summed E-state index contributed by atoms with van der Waals surface area (Å²) in [5.41, 5.74) is 5.62. The third-order valence-corrected chi connectivity index (χ3v) is 3.34. The maximum atomic E-state index is 8.74. The Kier molecular flexibility index (Phi) is 5.45. The van der Waals surface area contributed by atoms with Gasteiger partial charge in [-0.2, -0.15) is 0 Å². The van der Waals surface area contributed by atoms with Crippen LogP contribution in [0.2, 0.25) is 0 Å². The Bertz CT molecular complexity index is 205. The molecule has 1 saturated heterocycles. The van der Waals surface area contributed by atoms with Crippen LogP contribution >= 0.6 is 12.2 Å². The van der Waals surface area contributed by atoms with Crippen LogP contribution in [0.3, 0.4) is 0 Å². The van der Waals surface area contributed by atoms with E-state index < -0.39 is 0 Å². The van der Waals surface area contributed by atoms with Crippen LogP contribution in [0.1, 0.15) is 13.3 Å². The predicted molar refractivity (Wildman–Crippen MR) is 66.0 cm³/mol. The molecule has 1 unspecified atom stereocenters. The topological polar surface area (TPSA) is 52.7 Å². The summed E-state index contributed by atoms with van der Waals surface area (Å²) < 4.78 is 0. The van der Waals surface area contributed by atoms with E-state index in [0.717, 1.165) is 39.1 Å². The Morgan fingerprint density at radius 3 is 2.47 bits per heavy atom. The van der Waals surface area contributed by atoms with Crippen molar-refractivity contribution < 1.29 is 5.11 Å². The van der Waals surface area contributed by atoms with Crippen LogP contribution < -0.4 is 5.73 Å². The van der Waals surface area contributed by atoms with Crippen LogP contribution in [0.25, 0.3) is 0 Å². The Balaban J connectivity index is 2.26. The van der Waals surface area contributed by atoms with Gasteiger partial charge < -0.3 is 15.7 Å². The highest BCUT2D eigenvalue weighted by Crippen LogP contribution is 2.06. The molecule has 0 spiro atoms. The van der Waals surface area contributed by atoms with Crippen LogP contribution in [0.5, 0.6) is 0 Å². The van der Waals surface area contributed by atoms with Gasteiger partial charge in [-0.15, -0.1) is 0 Å². The molecular weight excluding hydrogens is 210 g/mol. The first-order valence-corrected chi connectivity index (χ1v) is 5.92. The first-order chi connectivity index (χ1) is 7.15. The normalized spacial score (nSPS) is 21.5. The van der Waals surface area contributed by atoms with Crippen molar-refractivity contribution in [1.29, 1.82) is 0 Å². The molecular formula is C10H21N3OS. The lowest BCUT2D eigenvalue weighted by Gasteiger charge is -2.37. The molecule has 0 saturated carbocycles. The van der Waals surface area contributed by atoms with Crippen molar-refractivity contribution in [2.24, 2.45) is 5.73 Å². The van der Waals surface area contributed by atoms with Gasteiger partial charge in [0.15, 0.2) is 0 Å². The molecule has 1 aliphatic rings. The standard InChI is InChI=1S/C10H21N3OS/c1-9(10(11)15)13-6-4-12(5-7-13)3-2-8-14/h9,14H,2-8H2,1H3,(H2,11,15). The van der Waals surface area contributed by atoms with E-state index in [1.165, 1.54) is 0 Å². The molecule has 88 valence electrons. The highest BCUT2D eigenvalue weighted by Gasteiger charge is 2.21. The molecule has 0 aliphatic carbocycles. The Morgan fingerprint density at radius 2 is 2.00 bits per heavy atom. The van der Waals surface area contributed by atoms with Gasteiger partial charge in [0, 0.05) is 39.3 Å². The number of thiocarbonyl (C=S) groups is 1. The maximum absolute atomic E-state index is 8.74. The SMILES string of the molecule is CC(C(N)=S)N1CCN(CCCO)CC1. The summed E-state index contributed by atoms with van der Waals surface area (Å²) in [5.74, 6) is 0. The first-order valence-electron chi connectivity index (χ1n) is 5.51. The minimum Gasteiger partial charge on any atom is -0.396 e. The molecule has 15 heavy (non-hydrogen) atoms. The second kappa shape index (κ2) is 6.37. The monoisotopic (exact) mass is 231 g/mol. The van der Waals surface area contributed by atoms with E-state index in [0.29, 0.717) is 4.99 Å².